The molecular formula is C22H30N4O3S2. The number of aryl methyl sites for hydroxylation is 2. The second kappa shape index (κ2) is 10.1. The van der Waals surface area contributed by atoms with Gasteiger partial charge in [-0.25, -0.2) is 4.98 Å². The Labute approximate surface area is 189 Å². The van der Waals surface area contributed by atoms with Gasteiger partial charge in [-0.15, -0.1) is 0 Å². The Hall–Kier alpha value is -1.94. The third kappa shape index (κ3) is 5.28. The van der Waals surface area contributed by atoms with E-state index in [1.54, 1.807) is 23.2 Å². The Morgan fingerprint density at radius 2 is 1.74 bits per heavy atom. The first-order valence-electron chi connectivity index (χ1n) is 10.5. The lowest BCUT2D eigenvalue weighted by Gasteiger charge is -2.36. The molecule has 31 heavy (non-hydrogen) atoms. The van der Waals surface area contributed by atoms with Crippen molar-refractivity contribution in [2.24, 2.45) is 0 Å². The molecule has 1 aliphatic rings. The monoisotopic (exact) mass is 462 g/mol. The van der Waals surface area contributed by atoms with Gasteiger partial charge in [0.2, 0.25) is 0 Å². The smallest absolute Gasteiger partial charge is 0.282 e. The molecule has 0 spiro atoms. The summed E-state index contributed by atoms with van der Waals surface area (Å²) >= 11 is 1.47. The van der Waals surface area contributed by atoms with Crippen molar-refractivity contribution >= 4 is 27.9 Å². The van der Waals surface area contributed by atoms with Crippen LogP contribution in [0.3, 0.4) is 0 Å². The van der Waals surface area contributed by atoms with Crippen molar-refractivity contribution in [3.63, 3.8) is 0 Å². The third-order valence-electron chi connectivity index (χ3n) is 5.58. The number of carbonyl (C=O) groups excluding carboxylic acids is 1. The molecule has 1 aromatic heterocycles. The maximum atomic E-state index is 13.2. The van der Waals surface area contributed by atoms with Crippen molar-refractivity contribution in [1.82, 2.24) is 18.5 Å². The molecule has 0 radical (unpaired) electrons. The van der Waals surface area contributed by atoms with Crippen LogP contribution in [0.5, 0.6) is 0 Å². The van der Waals surface area contributed by atoms with Crippen molar-refractivity contribution in [3.8, 4) is 0 Å². The molecule has 3 rings (SSSR count). The first kappa shape index (κ1) is 23.7. The van der Waals surface area contributed by atoms with Gasteiger partial charge in [-0.2, -0.15) is 17.0 Å². The fourth-order valence-corrected chi connectivity index (χ4v) is 6.11. The van der Waals surface area contributed by atoms with E-state index in [1.165, 1.54) is 31.5 Å². The van der Waals surface area contributed by atoms with Crippen LogP contribution in [0.2, 0.25) is 0 Å². The Bertz CT molecular complexity index is 1030. The summed E-state index contributed by atoms with van der Waals surface area (Å²) in [5.41, 5.74) is 2.96. The van der Waals surface area contributed by atoms with Gasteiger partial charge in [0.1, 0.15) is 5.03 Å². The number of benzene rings is 1. The van der Waals surface area contributed by atoms with E-state index < -0.39 is 10.2 Å². The summed E-state index contributed by atoms with van der Waals surface area (Å²) in [4.78, 5) is 20.4. The third-order valence-corrected chi connectivity index (χ3v) is 8.77. The molecule has 9 heteroatoms. The molecule has 168 valence electrons. The zero-order valence-corrected chi connectivity index (χ0v) is 20.2. The van der Waals surface area contributed by atoms with E-state index in [-0.39, 0.29) is 5.91 Å². The molecule has 0 aliphatic carbocycles. The minimum Gasteiger partial charge on any atom is -0.336 e. The largest absolute Gasteiger partial charge is 0.336 e. The number of pyridine rings is 1. The summed E-state index contributed by atoms with van der Waals surface area (Å²) in [7, 11) is -3.48. The van der Waals surface area contributed by atoms with Crippen LogP contribution in [0, 0.1) is 13.8 Å². The number of nitrogens with zero attached hydrogens (tertiary/aromatic N) is 4. The first-order chi connectivity index (χ1) is 14.8. The summed E-state index contributed by atoms with van der Waals surface area (Å²) < 4.78 is 28.4. The number of amides is 1. The SMILES string of the molecule is CCN(CC)S(=O)(=O)N1CCN(C(=O)c2cccnc2Sc2ccc(C)c(C)c2)CC1. The van der Waals surface area contributed by atoms with Gasteiger partial charge in [-0.05, 0) is 49.2 Å². The number of aromatic nitrogens is 1. The molecule has 1 aromatic carbocycles. The fourth-order valence-electron chi connectivity index (χ4n) is 3.53. The summed E-state index contributed by atoms with van der Waals surface area (Å²) in [6, 6.07) is 9.75. The van der Waals surface area contributed by atoms with E-state index in [0.717, 1.165) is 4.90 Å². The van der Waals surface area contributed by atoms with E-state index >= 15 is 0 Å². The topological polar surface area (TPSA) is 73.8 Å². The Morgan fingerprint density at radius 3 is 2.35 bits per heavy atom. The molecule has 0 unspecified atom stereocenters. The molecule has 1 aliphatic heterocycles. The second-order valence-corrected chi connectivity index (χ2v) is 10.5. The minimum atomic E-state index is -3.48. The molecule has 1 amide bonds. The lowest BCUT2D eigenvalue weighted by atomic mass is 10.1. The van der Waals surface area contributed by atoms with Crippen LogP contribution in [0.25, 0.3) is 0 Å². The van der Waals surface area contributed by atoms with Crippen LogP contribution in [0.1, 0.15) is 35.3 Å². The van der Waals surface area contributed by atoms with Crippen LogP contribution in [0.15, 0.2) is 46.5 Å². The molecule has 7 nitrogen and oxygen atoms in total. The van der Waals surface area contributed by atoms with Crippen LogP contribution in [0.4, 0.5) is 0 Å². The zero-order chi connectivity index (χ0) is 22.6. The zero-order valence-electron chi connectivity index (χ0n) is 18.5. The van der Waals surface area contributed by atoms with Gasteiger partial charge in [0.05, 0.1) is 5.56 Å². The lowest BCUT2D eigenvalue weighted by molar-refractivity contribution is 0.0690. The van der Waals surface area contributed by atoms with E-state index in [2.05, 4.69) is 31.0 Å². The summed E-state index contributed by atoms with van der Waals surface area (Å²) in [5, 5.41) is 0.661. The second-order valence-electron chi connectivity index (χ2n) is 7.49. The predicted octanol–water partition coefficient (Wildman–Crippen LogP) is 3.19. The van der Waals surface area contributed by atoms with Gasteiger partial charge in [0, 0.05) is 50.4 Å². The number of rotatable bonds is 7. The van der Waals surface area contributed by atoms with Crippen molar-refractivity contribution in [3.05, 3.63) is 53.2 Å². The van der Waals surface area contributed by atoms with E-state index in [0.29, 0.717) is 49.9 Å². The number of hydrogen-bond donors (Lipinski definition) is 0. The standard InChI is InChI=1S/C22H30N4O3S2/c1-5-25(6-2)31(28,29)26-14-12-24(13-15-26)22(27)20-8-7-11-23-21(20)30-19-10-9-17(3)18(4)16-19/h7-11,16H,5-6,12-15H2,1-4H3. The number of carbonyl (C=O) groups is 1. The van der Waals surface area contributed by atoms with Gasteiger partial charge >= 0.3 is 0 Å². The Kier molecular flexibility index (Phi) is 7.74. The van der Waals surface area contributed by atoms with E-state index in [1.807, 2.05) is 19.9 Å². The average molecular weight is 463 g/mol. The van der Waals surface area contributed by atoms with Crippen LogP contribution < -0.4 is 0 Å². The fraction of sp³-hybridized carbons (Fsp3) is 0.455. The van der Waals surface area contributed by atoms with Gasteiger partial charge in [0.15, 0.2) is 0 Å². The maximum Gasteiger partial charge on any atom is 0.282 e. The molecule has 1 fully saturated rings. The van der Waals surface area contributed by atoms with Gasteiger partial charge in [-0.3, -0.25) is 4.79 Å². The minimum absolute atomic E-state index is 0.112. The van der Waals surface area contributed by atoms with Gasteiger partial charge < -0.3 is 4.90 Å². The Morgan fingerprint density at radius 1 is 1.06 bits per heavy atom. The average Bonchev–Trinajstić information content (AvgIpc) is 2.77. The van der Waals surface area contributed by atoms with Crippen LogP contribution in [-0.2, 0) is 10.2 Å². The van der Waals surface area contributed by atoms with Crippen molar-refractivity contribution < 1.29 is 13.2 Å². The molecule has 2 aromatic rings. The molecular weight excluding hydrogens is 432 g/mol. The normalized spacial score (nSPS) is 15.5. The summed E-state index contributed by atoms with van der Waals surface area (Å²) in [5.74, 6) is -0.112. The van der Waals surface area contributed by atoms with Crippen LogP contribution >= 0.6 is 11.8 Å². The Balaban J connectivity index is 1.72. The number of hydrogen-bond acceptors (Lipinski definition) is 5. The van der Waals surface area contributed by atoms with Crippen LogP contribution in [-0.4, -0.2) is 72.1 Å². The summed E-state index contributed by atoms with van der Waals surface area (Å²) in [6.45, 7) is 9.99. The van der Waals surface area contributed by atoms with Crippen molar-refractivity contribution in [1.29, 1.82) is 0 Å². The number of piperazine rings is 1. The van der Waals surface area contributed by atoms with Crippen molar-refractivity contribution in [2.45, 2.75) is 37.6 Å². The lowest BCUT2D eigenvalue weighted by Crippen LogP contribution is -2.54. The van der Waals surface area contributed by atoms with Crippen molar-refractivity contribution in [2.75, 3.05) is 39.3 Å². The van der Waals surface area contributed by atoms with E-state index in [4.69, 9.17) is 0 Å². The molecule has 0 atom stereocenters. The maximum absolute atomic E-state index is 13.2. The molecule has 0 N–H and O–H groups in total. The first-order valence-corrected chi connectivity index (χ1v) is 12.7. The highest BCUT2D eigenvalue weighted by atomic mass is 32.2. The van der Waals surface area contributed by atoms with Gasteiger partial charge in [0.25, 0.3) is 16.1 Å². The molecule has 0 bridgehead atoms. The highest BCUT2D eigenvalue weighted by Crippen LogP contribution is 2.30. The predicted molar refractivity (Wildman–Crippen MR) is 124 cm³/mol. The van der Waals surface area contributed by atoms with E-state index in [9.17, 15) is 13.2 Å². The highest BCUT2D eigenvalue weighted by molar-refractivity contribution is 7.99. The molecule has 2 heterocycles. The molecule has 1 saturated heterocycles. The highest BCUT2D eigenvalue weighted by Gasteiger charge is 2.32. The molecule has 0 saturated carbocycles. The van der Waals surface area contributed by atoms with Gasteiger partial charge in [-0.1, -0.05) is 31.7 Å². The summed E-state index contributed by atoms with van der Waals surface area (Å²) in [6.07, 6.45) is 1.69. The quantitative estimate of drug-likeness (QED) is 0.632.